The Kier molecular flexibility index (Phi) is 8.31. The fourth-order valence-electron chi connectivity index (χ4n) is 4.18. The summed E-state index contributed by atoms with van der Waals surface area (Å²) in [6.45, 7) is 9.12. The van der Waals surface area contributed by atoms with Crippen molar-refractivity contribution in [3.05, 3.63) is 24.2 Å². The average molecular weight is 449 g/mol. The van der Waals surface area contributed by atoms with Crippen molar-refractivity contribution in [3.8, 4) is 0 Å². The summed E-state index contributed by atoms with van der Waals surface area (Å²) in [5, 5.41) is 5.79. The summed E-state index contributed by atoms with van der Waals surface area (Å²) < 4.78 is 10.9. The SMILES string of the molecule is CC(C)(C)NC(=O)[C@@H](c1ccco1)N(CCN1CCOCC1)C(=O)C(=O)NC1CCCC1. The van der Waals surface area contributed by atoms with E-state index in [4.69, 9.17) is 9.15 Å². The van der Waals surface area contributed by atoms with Gasteiger partial charge in [-0.25, -0.2) is 0 Å². The number of furan rings is 1. The first-order valence-corrected chi connectivity index (χ1v) is 11.5. The van der Waals surface area contributed by atoms with Crippen molar-refractivity contribution >= 4 is 17.7 Å². The van der Waals surface area contributed by atoms with Gasteiger partial charge in [0.15, 0.2) is 6.04 Å². The van der Waals surface area contributed by atoms with Gasteiger partial charge in [-0.2, -0.15) is 0 Å². The van der Waals surface area contributed by atoms with Crippen molar-refractivity contribution in [2.75, 3.05) is 39.4 Å². The van der Waals surface area contributed by atoms with Crippen LogP contribution in [0.15, 0.2) is 22.8 Å². The molecule has 1 aromatic rings. The molecule has 0 radical (unpaired) electrons. The van der Waals surface area contributed by atoms with Crippen molar-refractivity contribution in [2.45, 2.75) is 64.1 Å². The molecule has 2 aliphatic rings. The molecule has 0 aromatic carbocycles. The Morgan fingerprint density at radius 3 is 2.47 bits per heavy atom. The summed E-state index contributed by atoms with van der Waals surface area (Å²) >= 11 is 0. The maximum Gasteiger partial charge on any atom is 0.312 e. The monoisotopic (exact) mass is 448 g/mol. The molecule has 0 unspecified atom stereocenters. The number of rotatable bonds is 7. The molecule has 1 saturated carbocycles. The molecule has 2 N–H and O–H groups in total. The molecule has 3 rings (SSSR count). The molecule has 0 bridgehead atoms. The van der Waals surface area contributed by atoms with Crippen LogP contribution in [0.2, 0.25) is 0 Å². The Bertz CT molecular complexity index is 762. The minimum atomic E-state index is -1.04. The van der Waals surface area contributed by atoms with Crippen LogP contribution < -0.4 is 10.6 Å². The number of carbonyl (C=O) groups excluding carboxylic acids is 3. The Labute approximate surface area is 189 Å². The molecule has 178 valence electrons. The summed E-state index contributed by atoms with van der Waals surface area (Å²) in [6.07, 6.45) is 5.31. The number of nitrogens with one attached hydrogen (secondary N) is 2. The lowest BCUT2D eigenvalue weighted by Crippen LogP contribution is -2.54. The van der Waals surface area contributed by atoms with Crippen LogP contribution in [0.25, 0.3) is 0 Å². The molecule has 0 spiro atoms. The van der Waals surface area contributed by atoms with Gasteiger partial charge in [-0.1, -0.05) is 12.8 Å². The molecule has 1 aliphatic heterocycles. The van der Waals surface area contributed by atoms with E-state index in [1.54, 1.807) is 12.1 Å². The fourth-order valence-corrected chi connectivity index (χ4v) is 4.18. The number of hydrogen-bond acceptors (Lipinski definition) is 6. The summed E-state index contributed by atoms with van der Waals surface area (Å²) in [4.78, 5) is 43.0. The molecule has 1 saturated heterocycles. The van der Waals surface area contributed by atoms with E-state index in [1.165, 1.54) is 11.2 Å². The first-order chi connectivity index (χ1) is 15.2. The molecule has 3 amide bonds. The molecule has 9 nitrogen and oxygen atoms in total. The second-order valence-electron chi connectivity index (χ2n) is 9.56. The van der Waals surface area contributed by atoms with Crippen LogP contribution in [0.4, 0.5) is 0 Å². The average Bonchev–Trinajstić information content (AvgIpc) is 3.44. The van der Waals surface area contributed by atoms with Crippen molar-refractivity contribution < 1.29 is 23.5 Å². The van der Waals surface area contributed by atoms with E-state index < -0.39 is 23.4 Å². The van der Waals surface area contributed by atoms with Crippen LogP contribution in [0.1, 0.15) is 58.3 Å². The smallest absolute Gasteiger partial charge is 0.312 e. The van der Waals surface area contributed by atoms with E-state index in [1.807, 2.05) is 20.8 Å². The largest absolute Gasteiger partial charge is 0.467 e. The van der Waals surface area contributed by atoms with Gasteiger partial charge in [0.1, 0.15) is 5.76 Å². The highest BCUT2D eigenvalue weighted by Gasteiger charge is 2.38. The van der Waals surface area contributed by atoms with Crippen molar-refractivity contribution in [1.82, 2.24) is 20.4 Å². The third-order valence-corrected chi connectivity index (χ3v) is 5.78. The van der Waals surface area contributed by atoms with Crippen LogP contribution in [-0.4, -0.2) is 78.5 Å². The number of ether oxygens (including phenoxy) is 1. The molecule has 1 atom stereocenters. The highest BCUT2D eigenvalue weighted by molar-refractivity contribution is 6.35. The summed E-state index contributed by atoms with van der Waals surface area (Å²) in [5.41, 5.74) is -0.507. The van der Waals surface area contributed by atoms with Gasteiger partial charge in [-0.15, -0.1) is 0 Å². The van der Waals surface area contributed by atoms with Gasteiger partial charge in [0.25, 0.3) is 5.91 Å². The standard InChI is InChI=1S/C23H36N4O5/c1-23(2,3)25-20(28)19(18-9-6-14-32-18)27(11-10-26-12-15-31-16-13-26)22(30)21(29)24-17-7-4-5-8-17/h6,9,14,17,19H,4-5,7-8,10-13,15-16H2,1-3H3,(H,24,29)(H,25,28)/t19-/m1/s1. The third kappa shape index (κ3) is 6.80. The highest BCUT2D eigenvalue weighted by atomic mass is 16.5. The lowest BCUT2D eigenvalue weighted by molar-refractivity contribution is -0.151. The van der Waals surface area contributed by atoms with Gasteiger partial charge >= 0.3 is 11.8 Å². The summed E-state index contributed by atoms with van der Waals surface area (Å²) in [7, 11) is 0. The first kappa shape index (κ1) is 24.3. The number of amides is 3. The molecular formula is C23H36N4O5. The zero-order chi connectivity index (χ0) is 23.1. The molecule has 9 heteroatoms. The maximum atomic E-state index is 13.4. The van der Waals surface area contributed by atoms with Crippen LogP contribution in [0.5, 0.6) is 0 Å². The normalized spacial score (nSPS) is 18.8. The van der Waals surface area contributed by atoms with Gasteiger partial charge in [-0.05, 0) is 45.7 Å². The number of nitrogens with zero attached hydrogens (tertiary/aromatic N) is 2. The number of hydrogen-bond donors (Lipinski definition) is 2. The van der Waals surface area contributed by atoms with Gasteiger partial charge in [-0.3, -0.25) is 19.3 Å². The Hall–Kier alpha value is -2.39. The molecule has 2 heterocycles. The van der Waals surface area contributed by atoms with E-state index in [-0.39, 0.29) is 18.5 Å². The van der Waals surface area contributed by atoms with Gasteiger partial charge in [0.05, 0.1) is 19.5 Å². The Balaban J connectivity index is 1.83. The van der Waals surface area contributed by atoms with Gasteiger partial charge in [0.2, 0.25) is 0 Å². The fraction of sp³-hybridized carbons (Fsp3) is 0.696. The lowest BCUT2D eigenvalue weighted by Gasteiger charge is -2.34. The Morgan fingerprint density at radius 2 is 1.88 bits per heavy atom. The second-order valence-corrected chi connectivity index (χ2v) is 9.56. The molecule has 1 aliphatic carbocycles. The predicted molar refractivity (Wildman–Crippen MR) is 119 cm³/mol. The summed E-state index contributed by atoms with van der Waals surface area (Å²) in [5.74, 6) is -1.43. The van der Waals surface area contributed by atoms with Crippen molar-refractivity contribution in [2.24, 2.45) is 0 Å². The molecule has 32 heavy (non-hydrogen) atoms. The molecule has 2 fully saturated rings. The zero-order valence-corrected chi connectivity index (χ0v) is 19.4. The van der Waals surface area contributed by atoms with E-state index >= 15 is 0 Å². The minimum absolute atomic E-state index is 0.0120. The maximum absolute atomic E-state index is 13.4. The topological polar surface area (TPSA) is 104 Å². The number of carbonyl (C=O) groups is 3. The second kappa shape index (κ2) is 11.0. The molecule has 1 aromatic heterocycles. The predicted octanol–water partition coefficient (Wildman–Crippen LogP) is 1.46. The number of morpholine rings is 1. The lowest BCUT2D eigenvalue weighted by atomic mass is 10.1. The van der Waals surface area contributed by atoms with Crippen LogP contribution in [0.3, 0.4) is 0 Å². The minimum Gasteiger partial charge on any atom is -0.467 e. The van der Waals surface area contributed by atoms with Crippen molar-refractivity contribution in [3.63, 3.8) is 0 Å². The highest BCUT2D eigenvalue weighted by Crippen LogP contribution is 2.24. The first-order valence-electron chi connectivity index (χ1n) is 11.5. The van der Waals surface area contributed by atoms with Crippen molar-refractivity contribution in [1.29, 1.82) is 0 Å². The van der Waals surface area contributed by atoms with E-state index in [9.17, 15) is 14.4 Å². The molecular weight excluding hydrogens is 412 g/mol. The van der Waals surface area contributed by atoms with E-state index in [0.717, 1.165) is 38.8 Å². The zero-order valence-electron chi connectivity index (χ0n) is 19.4. The van der Waals surface area contributed by atoms with Crippen LogP contribution >= 0.6 is 0 Å². The van der Waals surface area contributed by atoms with E-state index in [2.05, 4.69) is 15.5 Å². The van der Waals surface area contributed by atoms with Gasteiger partial charge < -0.3 is 24.7 Å². The van der Waals surface area contributed by atoms with Crippen LogP contribution in [-0.2, 0) is 19.1 Å². The third-order valence-electron chi connectivity index (χ3n) is 5.78. The van der Waals surface area contributed by atoms with Gasteiger partial charge in [0, 0.05) is 37.8 Å². The van der Waals surface area contributed by atoms with Crippen LogP contribution in [0, 0.1) is 0 Å². The quantitative estimate of drug-likeness (QED) is 0.612. The summed E-state index contributed by atoms with van der Waals surface area (Å²) in [6, 6.07) is 2.32. The van der Waals surface area contributed by atoms with E-state index in [0.29, 0.717) is 25.5 Å². The Morgan fingerprint density at radius 1 is 1.19 bits per heavy atom.